The lowest BCUT2D eigenvalue weighted by atomic mass is 10.1. The van der Waals surface area contributed by atoms with Crippen LogP contribution in [0, 0.1) is 13.8 Å². The number of nitrogens with zero attached hydrogens (tertiary/aromatic N) is 4. The van der Waals surface area contributed by atoms with Gasteiger partial charge in [0.15, 0.2) is 5.82 Å². The molecule has 4 rings (SSSR count). The van der Waals surface area contributed by atoms with Crippen molar-refractivity contribution in [1.82, 2.24) is 19.9 Å². The van der Waals surface area contributed by atoms with Crippen LogP contribution in [-0.4, -0.2) is 26.5 Å². The lowest BCUT2D eigenvalue weighted by Crippen LogP contribution is -2.11. The summed E-state index contributed by atoms with van der Waals surface area (Å²) in [6.45, 7) is 6.70. The molecule has 7 nitrogen and oxygen atoms in total. The summed E-state index contributed by atoms with van der Waals surface area (Å²) < 4.78 is 12.6. The Bertz CT molecular complexity index is 1150. The molecule has 0 spiro atoms. The Kier molecular flexibility index (Phi) is 5.76. The molecule has 0 amide bonds. The summed E-state index contributed by atoms with van der Waals surface area (Å²) in [7, 11) is 0. The second-order valence-corrected chi connectivity index (χ2v) is 7.83. The summed E-state index contributed by atoms with van der Waals surface area (Å²) in [5.41, 5.74) is 5.04. The minimum Gasteiger partial charge on any atom is -0.494 e. The Balaban J connectivity index is 1.45. The third-order valence-corrected chi connectivity index (χ3v) is 5.58. The van der Waals surface area contributed by atoms with Crippen LogP contribution < -0.4 is 10.6 Å². The molecule has 0 atom stereocenters. The van der Waals surface area contributed by atoms with E-state index in [1.54, 1.807) is 6.26 Å². The van der Waals surface area contributed by atoms with Gasteiger partial charge in [-0.2, -0.15) is 0 Å². The van der Waals surface area contributed by atoms with Crippen LogP contribution in [0.1, 0.15) is 23.7 Å². The molecule has 8 heteroatoms. The molecule has 0 radical (unpaired) electrons. The Hall–Kier alpha value is -3.26. The van der Waals surface area contributed by atoms with Crippen molar-refractivity contribution >= 4 is 11.8 Å². The van der Waals surface area contributed by atoms with Crippen LogP contribution in [-0.2, 0) is 5.75 Å². The van der Waals surface area contributed by atoms with E-state index in [0.29, 0.717) is 29.2 Å². The molecule has 0 saturated heterocycles. The minimum atomic E-state index is 0.576. The van der Waals surface area contributed by atoms with Gasteiger partial charge in [-0.25, -0.2) is 9.66 Å². The smallest absolute Gasteiger partial charge is 0.226 e. The van der Waals surface area contributed by atoms with Crippen molar-refractivity contribution < 1.29 is 9.15 Å². The molecule has 0 bridgehead atoms. The zero-order valence-electron chi connectivity index (χ0n) is 17.1. The number of oxazole rings is 1. The van der Waals surface area contributed by atoms with Crippen LogP contribution in [0.2, 0.25) is 0 Å². The SMILES string of the molecule is CCOc1ccc(-c2nnc(SCc3coc(-c4ccc(C)cc4C)n3)n2N)cc1. The van der Waals surface area contributed by atoms with Gasteiger partial charge < -0.3 is 15.0 Å². The molecule has 0 unspecified atom stereocenters. The highest BCUT2D eigenvalue weighted by molar-refractivity contribution is 7.98. The fourth-order valence-electron chi connectivity index (χ4n) is 3.13. The second-order valence-electron chi connectivity index (χ2n) is 6.88. The van der Waals surface area contributed by atoms with Crippen molar-refractivity contribution in [1.29, 1.82) is 0 Å². The molecular weight excluding hydrogens is 398 g/mol. The zero-order valence-corrected chi connectivity index (χ0v) is 17.9. The Morgan fingerprint density at radius 2 is 1.90 bits per heavy atom. The van der Waals surface area contributed by atoms with Crippen molar-refractivity contribution in [2.45, 2.75) is 31.7 Å². The molecule has 2 aromatic heterocycles. The number of nitrogen functional groups attached to an aromatic ring is 1. The summed E-state index contributed by atoms with van der Waals surface area (Å²) in [5.74, 6) is 8.82. The van der Waals surface area contributed by atoms with Crippen LogP contribution in [0.3, 0.4) is 0 Å². The van der Waals surface area contributed by atoms with E-state index in [0.717, 1.165) is 28.1 Å². The maximum absolute atomic E-state index is 6.22. The molecule has 2 N–H and O–H groups in total. The van der Waals surface area contributed by atoms with Gasteiger partial charge in [-0.15, -0.1) is 10.2 Å². The molecule has 154 valence electrons. The van der Waals surface area contributed by atoms with Crippen molar-refractivity contribution in [3.05, 3.63) is 65.5 Å². The predicted octanol–water partition coefficient (Wildman–Crippen LogP) is 4.62. The normalized spacial score (nSPS) is 11.0. The fraction of sp³-hybridized carbons (Fsp3) is 0.227. The largest absolute Gasteiger partial charge is 0.494 e. The first-order valence-electron chi connectivity index (χ1n) is 9.63. The maximum atomic E-state index is 6.22. The van der Waals surface area contributed by atoms with E-state index in [1.807, 2.05) is 37.3 Å². The number of benzene rings is 2. The van der Waals surface area contributed by atoms with Crippen LogP contribution in [0.25, 0.3) is 22.8 Å². The average molecular weight is 422 g/mol. The van der Waals surface area contributed by atoms with Gasteiger partial charge in [0.05, 0.1) is 12.3 Å². The lowest BCUT2D eigenvalue weighted by molar-refractivity contribution is 0.340. The molecule has 2 aromatic carbocycles. The fourth-order valence-corrected chi connectivity index (χ4v) is 3.86. The highest BCUT2D eigenvalue weighted by atomic mass is 32.2. The number of hydrogen-bond acceptors (Lipinski definition) is 7. The average Bonchev–Trinajstić information content (AvgIpc) is 3.34. The summed E-state index contributed by atoms with van der Waals surface area (Å²) in [6, 6.07) is 13.8. The first-order chi connectivity index (χ1) is 14.5. The summed E-state index contributed by atoms with van der Waals surface area (Å²) in [5, 5.41) is 9.05. The number of thioether (sulfide) groups is 1. The van der Waals surface area contributed by atoms with E-state index < -0.39 is 0 Å². The molecule has 0 fully saturated rings. The Morgan fingerprint density at radius 1 is 1.10 bits per heavy atom. The van der Waals surface area contributed by atoms with Gasteiger partial charge in [0.2, 0.25) is 11.0 Å². The minimum absolute atomic E-state index is 0.576. The van der Waals surface area contributed by atoms with Crippen molar-refractivity contribution in [3.8, 4) is 28.6 Å². The third kappa shape index (κ3) is 4.18. The highest BCUT2D eigenvalue weighted by Gasteiger charge is 2.14. The van der Waals surface area contributed by atoms with Crippen molar-refractivity contribution in [3.63, 3.8) is 0 Å². The molecule has 0 saturated carbocycles. The molecule has 4 aromatic rings. The van der Waals surface area contributed by atoms with Crippen LogP contribution >= 0.6 is 11.8 Å². The van der Waals surface area contributed by atoms with Gasteiger partial charge >= 0.3 is 0 Å². The van der Waals surface area contributed by atoms with E-state index >= 15 is 0 Å². The number of rotatable bonds is 7. The van der Waals surface area contributed by atoms with Gasteiger partial charge in [0, 0.05) is 16.9 Å². The van der Waals surface area contributed by atoms with Crippen LogP contribution in [0.5, 0.6) is 5.75 Å². The highest BCUT2D eigenvalue weighted by Crippen LogP contribution is 2.28. The molecule has 30 heavy (non-hydrogen) atoms. The quantitative estimate of drug-likeness (QED) is 0.344. The monoisotopic (exact) mass is 421 g/mol. The van der Waals surface area contributed by atoms with E-state index in [4.69, 9.17) is 15.0 Å². The van der Waals surface area contributed by atoms with Crippen LogP contribution in [0.4, 0.5) is 0 Å². The Labute approximate surface area is 179 Å². The standard InChI is InChI=1S/C22H23N5O2S/c1-4-28-18-8-6-16(7-9-18)20-25-26-22(27(20)23)30-13-17-12-29-21(24-17)19-10-5-14(2)11-15(19)3/h5-12H,4,13,23H2,1-3H3. The number of hydrogen-bond donors (Lipinski definition) is 1. The van der Waals surface area contributed by atoms with E-state index in [2.05, 4.69) is 41.2 Å². The molecule has 0 aliphatic rings. The topological polar surface area (TPSA) is 92.0 Å². The summed E-state index contributed by atoms with van der Waals surface area (Å²) in [6.07, 6.45) is 1.67. The summed E-state index contributed by atoms with van der Waals surface area (Å²) >= 11 is 1.46. The van der Waals surface area contributed by atoms with E-state index in [9.17, 15) is 0 Å². The van der Waals surface area contributed by atoms with Gasteiger partial charge in [0.1, 0.15) is 12.0 Å². The first-order valence-corrected chi connectivity index (χ1v) is 10.6. The van der Waals surface area contributed by atoms with Gasteiger partial charge in [-0.1, -0.05) is 29.5 Å². The number of aromatic nitrogens is 4. The van der Waals surface area contributed by atoms with Crippen LogP contribution in [0.15, 0.2) is 58.3 Å². The zero-order chi connectivity index (χ0) is 21.1. The lowest BCUT2D eigenvalue weighted by Gasteiger charge is -2.05. The summed E-state index contributed by atoms with van der Waals surface area (Å²) in [4.78, 5) is 4.61. The van der Waals surface area contributed by atoms with Crippen molar-refractivity contribution in [2.75, 3.05) is 12.4 Å². The van der Waals surface area contributed by atoms with E-state index in [-0.39, 0.29) is 0 Å². The molecule has 2 heterocycles. The number of aryl methyl sites for hydroxylation is 2. The van der Waals surface area contributed by atoms with Gasteiger partial charge in [-0.3, -0.25) is 0 Å². The number of ether oxygens (including phenoxy) is 1. The molecular formula is C22H23N5O2S. The van der Waals surface area contributed by atoms with E-state index in [1.165, 1.54) is 22.0 Å². The Morgan fingerprint density at radius 3 is 2.63 bits per heavy atom. The number of nitrogens with two attached hydrogens (primary N) is 1. The molecule has 0 aliphatic carbocycles. The third-order valence-electron chi connectivity index (χ3n) is 4.60. The van der Waals surface area contributed by atoms with Gasteiger partial charge in [0.25, 0.3) is 0 Å². The maximum Gasteiger partial charge on any atom is 0.226 e. The predicted molar refractivity (Wildman–Crippen MR) is 118 cm³/mol. The van der Waals surface area contributed by atoms with Gasteiger partial charge in [-0.05, 0) is 56.7 Å². The molecule has 0 aliphatic heterocycles. The second kappa shape index (κ2) is 8.62. The van der Waals surface area contributed by atoms with Crippen molar-refractivity contribution in [2.24, 2.45) is 0 Å². The first kappa shape index (κ1) is 20.0.